The molecule has 0 aliphatic carbocycles. The standard InChI is InChI=1S/C15H20N2.C8H10/c1-4-17-14-6-5-11(2)9-12(14)13-10-16(3)8-7-15(13)17;1-7-3-5-8(2)6-4-7/h5-6,9H,4,7-8,10H2,1-3H3;3-6H,1-2H3. The molecule has 25 heavy (non-hydrogen) atoms. The highest BCUT2D eigenvalue weighted by Crippen LogP contribution is 2.31. The smallest absolute Gasteiger partial charge is 0.0485 e. The SMILES string of the molecule is CCn1c2c(c3cc(C)ccc31)CN(C)CC2.Cc1ccc(C)cc1. The summed E-state index contributed by atoms with van der Waals surface area (Å²) in [6.07, 6.45) is 1.19. The normalized spacial score (nSPS) is 14.1. The number of nitrogens with zero attached hydrogens (tertiary/aromatic N) is 2. The summed E-state index contributed by atoms with van der Waals surface area (Å²) < 4.78 is 2.50. The van der Waals surface area contributed by atoms with E-state index >= 15 is 0 Å². The van der Waals surface area contributed by atoms with Crippen molar-refractivity contribution >= 4 is 10.9 Å². The molecule has 1 aliphatic rings. The lowest BCUT2D eigenvalue weighted by atomic mass is 10.0. The number of aromatic nitrogens is 1. The molecule has 0 saturated carbocycles. The largest absolute Gasteiger partial charge is 0.344 e. The summed E-state index contributed by atoms with van der Waals surface area (Å²) in [6, 6.07) is 15.3. The first-order valence-electron chi connectivity index (χ1n) is 9.32. The van der Waals surface area contributed by atoms with Crippen molar-refractivity contribution in [2.24, 2.45) is 0 Å². The van der Waals surface area contributed by atoms with Crippen molar-refractivity contribution in [3.05, 3.63) is 70.4 Å². The molecule has 132 valence electrons. The first-order valence-corrected chi connectivity index (χ1v) is 9.32. The van der Waals surface area contributed by atoms with Crippen LogP contribution in [-0.2, 0) is 19.5 Å². The van der Waals surface area contributed by atoms with Crippen LogP contribution in [0.5, 0.6) is 0 Å². The summed E-state index contributed by atoms with van der Waals surface area (Å²) in [4.78, 5) is 2.42. The quantitative estimate of drug-likeness (QED) is 0.589. The van der Waals surface area contributed by atoms with Crippen molar-refractivity contribution in [3.63, 3.8) is 0 Å². The van der Waals surface area contributed by atoms with E-state index in [0.717, 1.165) is 13.1 Å². The topological polar surface area (TPSA) is 8.17 Å². The first-order chi connectivity index (χ1) is 12.0. The molecule has 1 aliphatic heterocycles. The van der Waals surface area contributed by atoms with Gasteiger partial charge in [0.05, 0.1) is 0 Å². The van der Waals surface area contributed by atoms with Crippen LogP contribution in [0.3, 0.4) is 0 Å². The summed E-state index contributed by atoms with van der Waals surface area (Å²) in [5.41, 5.74) is 8.55. The minimum Gasteiger partial charge on any atom is -0.344 e. The monoisotopic (exact) mass is 334 g/mol. The molecular weight excluding hydrogens is 304 g/mol. The zero-order chi connectivity index (χ0) is 18.0. The fraction of sp³-hybridized carbons (Fsp3) is 0.391. The van der Waals surface area contributed by atoms with Crippen LogP contribution in [-0.4, -0.2) is 23.1 Å². The van der Waals surface area contributed by atoms with Gasteiger partial charge in [0.2, 0.25) is 0 Å². The fourth-order valence-corrected chi connectivity index (χ4v) is 3.70. The zero-order valence-electron chi connectivity index (χ0n) is 16.3. The van der Waals surface area contributed by atoms with Crippen LogP contribution in [0, 0.1) is 20.8 Å². The highest BCUT2D eigenvalue weighted by molar-refractivity contribution is 5.86. The Kier molecular flexibility index (Phi) is 5.29. The van der Waals surface area contributed by atoms with E-state index in [1.54, 1.807) is 11.3 Å². The van der Waals surface area contributed by atoms with Crippen LogP contribution in [0.4, 0.5) is 0 Å². The van der Waals surface area contributed by atoms with Crippen LogP contribution in [0.1, 0.15) is 34.9 Å². The van der Waals surface area contributed by atoms with Gasteiger partial charge in [-0.3, -0.25) is 0 Å². The predicted octanol–water partition coefficient (Wildman–Crippen LogP) is 5.26. The van der Waals surface area contributed by atoms with Gasteiger partial charge in [0.25, 0.3) is 0 Å². The van der Waals surface area contributed by atoms with Gasteiger partial charge in [-0.2, -0.15) is 0 Å². The van der Waals surface area contributed by atoms with Crippen molar-refractivity contribution < 1.29 is 0 Å². The van der Waals surface area contributed by atoms with Gasteiger partial charge < -0.3 is 9.47 Å². The lowest BCUT2D eigenvalue weighted by molar-refractivity contribution is 0.309. The van der Waals surface area contributed by atoms with Gasteiger partial charge in [0.1, 0.15) is 0 Å². The van der Waals surface area contributed by atoms with E-state index in [-0.39, 0.29) is 0 Å². The maximum atomic E-state index is 2.50. The van der Waals surface area contributed by atoms with E-state index in [4.69, 9.17) is 0 Å². The zero-order valence-corrected chi connectivity index (χ0v) is 16.3. The molecule has 2 nitrogen and oxygen atoms in total. The van der Waals surface area contributed by atoms with E-state index in [0.29, 0.717) is 0 Å². The first kappa shape index (κ1) is 17.8. The van der Waals surface area contributed by atoms with E-state index < -0.39 is 0 Å². The third kappa shape index (κ3) is 3.80. The molecule has 3 aromatic rings. The fourth-order valence-electron chi connectivity index (χ4n) is 3.70. The average Bonchev–Trinajstić information content (AvgIpc) is 2.90. The Labute approximate surface area is 152 Å². The Bertz CT molecular complexity index is 835. The Morgan fingerprint density at radius 1 is 0.880 bits per heavy atom. The lowest BCUT2D eigenvalue weighted by Crippen LogP contribution is -2.27. The van der Waals surface area contributed by atoms with Crippen LogP contribution in [0.25, 0.3) is 10.9 Å². The average molecular weight is 335 g/mol. The maximum Gasteiger partial charge on any atom is 0.0485 e. The van der Waals surface area contributed by atoms with Gasteiger partial charge in [-0.25, -0.2) is 0 Å². The highest BCUT2D eigenvalue weighted by Gasteiger charge is 2.21. The van der Waals surface area contributed by atoms with Crippen LogP contribution < -0.4 is 0 Å². The molecule has 0 N–H and O–H groups in total. The second-order valence-corrected chi connectivity index (χ2v) is 7.33. The summed E-state index contributed by atoms with van der Waals surface area (Å²) in [6.45, 7) is 12.0. The molecule has 0 bridgehead atoms. The number of benzene rings is 2. The molecule has 0 radical (unpaired) electrons. The summed E-state index contributed by atoms with van der Waals surface area (Å²) in [7, 11) is 2.22. The van der Waals surface area contributed by atoms with Gasteiger partial charge in [0.15, 0.2) is 0 Å². The number of likely N-dealkylation sites (N-methyl/N-ethyl adjacent to an activating group) is 1. The van der Waals surface area contributed by atoms with Gasteiger partial charge in [-0.05, 0) is 52.4 Å². The van der Waals surface area contributed by atoms with Gasteiger partial charge >= 0.3 is 0 Å². The number of fused-ring (bicyclic) bond motifs is 3. The van der Waals surface area contributed by atoms with Crippen molar-refractivity contribution in [3.8, 4) is 0 Å². The van der Waals surface area contributed by atoms with E-state index in [9.17, 15) is 0 Å². The van der Waals surface area contributed by atoms with Gasteiger partial charge in [0, 0.05) is 42.7 Å². The molecule has 0 amide bonds. The second-order valence-electron chi connectivity index (χ2n) is 7.33. The molecular formula is C23H30N2. The number of rotatable bonds is 1. The summed E-state index contributed by atoms with van der Waals surface area (Å²) in [5, 5.41) is 1.47. The van der Waals surface area contributed by atoms with E-state index in [1.165, 1.54) is 40.6 Å². The Hall–Kier alpha value is -2.06. The van der Waals surface area contributed by atoms with E-state index in [1.807, 2.05) is 0 Å². The predicted molar refractivity (Wildman–Crippen MR) is 108 cm³/mol. The van der Waals surface area contributed by atoms with Crippen molar-refractivity contribution in [1.29, 1.82) is 0 Å². The number of hydrogen-bond donors (Lipinski definition) is 0. The van der Waals surface area contributed by atoms with Crippen molar-refractivity contribution in [2.75, 3.05) is 13.6 Å². The molecule has 2 heteroatoms. The summed E-state index contributed by atoms with van der Waals surface area (Å²) in [5.74, 6) is 0. The van der Waals surface area contributed by atoms with Gasteiger partial charge in [-0.1, -0.05) is 47.0 Å². The lowest BCUT2D eigenvalue weighted by Gasteiger charge is -2.24. The molecule has 0 spiro atoms. The number of hydrogen-bond acceptors (Lipinski definition) is 1. The number of aryl methyl sites for hydroxylation is 4. The summed E-state index contributed by atoms with van der Waals surface area (Å²) >= 11 is 0. The molecule has 2 aromatic carbocycles. The second kappa shape index (κ2) is 7.45. The molecule has 0 atom stereocenters. The third-order valence-corrected chi connectivity index (χ3v) is 5.13. The molecule has 2 heterocycles. The molecule has 0 saturated heterocycles. The van der Waals surface area contributed by atoms with Crippen molar-refractivity contribution in [2.45, 2.75) is 47.2 Å². The highest BCUT2D eigenvalue weighted by atomic mass is 15.1. The Morgan fingerprint density at radius 3 is 2.08 bits per heavy atom. The van der Waals surface area contributed by atoms with Crippen LogP contribution >= 0.6 is 0 Å². The Balaban J connectivity index is 0.000000192. The van der Waals surface area contributed by atoms with E-state index in [2.05, 4.69) is 86.7 Å². The molecule has 1 aromatic heterocycles. The van der Waals surface area contributed by atoms with Crippen LogP contribution in [0.15, 0.2) is 42.5 Å². The van der Waals surface area contributed by atoms with Gasteiger partial charge in [-0.15, -0.1) is 0 Å². The molecule has 0 fully saturated rings. The Morgan fingerprint density at radius 2 is 1.48 bits per heavy atom. The minimum absolute atomic E-state index is 1.08. The molecule has 4 rings (SSSR count). The molecule has 0 unspecified atom stereocenters. The van der Waals surface area contributed by atoms with Crippen LogP contribution in [0.2, 0.25) is 0 Å². The minimum atomic E-state index is 1.08. The third-order valence-electron chi connectivity index (χ3n) is 5.13. The van der Waals surface area contributed by atoms with Crippen molar-refractivity contribution in [1.82, 2.24) is 9.47 Å². The maximum absolute atomic E-state index is 2.50.